The molecule has 0 bridgehead atoms. The van der Waals surface area contributed by atoms with E-state index in [9.17, 15) is 14.0 Å². The fraction of sp³-hybridized carbons (Fsp3) is 0.227. The molecular weight excluding hydrogens is 451 g/mol. The highest BCUT2D eigenvalue weighted by atomic mass is 79.9. The van der Waals surface area contributed by atoms with Crippen LogP contribution in [-0.2, 0) is 13.1 Å². The Morgan fingerprint density at radius 2 is 1.93 bits per heavy atom. The van der Waals surface area contributed by atoms with E-state index < -0.39 is 0 Å². The fourth-order valence-electron chi connectivity index (χ4n) is 3.41. The number of halogens is 2. The van der Waals surface area contributed by atoms with Gasteiger partial charge in [-0.1, -0.05) is 18.2 Å². The summed E-state index contributed by atoms with van der Waals surface area (Å²) < 4.78 is 15.5. The average molecular weight is 471 g/mol. The molecule has 2 amide bonds. The lowest BCUT2D eigenvalue weighted by Gasteiger charge is -2.20. The standard InChI is InChI=1S/C22H20BrFN4O2/c1-14-3-8-18(17(23)11-14)25-21(29)19-12-20-22(30)27(9-2-10-28(20)26-19)13-15-4-6-16(24)7-5-15/h3-8,11-12H,2,9-10,13H2,1H3,(H,25,29). The third kappa shape index (κ3) is 4.28. The number of aromatic nitrogens is 2. The predicted octanol–water partition coefficient (Wildman–Crippen LogP) is 4.39. The molecule has 0 atom stereocenters. The minimum Gasteiger partial charge on any atom is -0.333 e. The topological polar surface area (TPSA) is 67.2 Å². The molecule has 0 aliphatic carbocycles. The van der Waals surface area contributed by atoms with E-state index in [1.54, 1.807) is 21.7 Å². The quantitative estimate of drug-likeness (QED) is 0.614. The van der Waals surface area contributed by atoms with Gasteiger partial charge in [-0.3, -0.25) is 14.3 Å². The number of fused-ring (bicyclic) bond motifs is 1. The van der Waals surface area contributed by atoms with E-state index in [1.165, 1.54) is 18.2 Å². The Hall–Kier alpha value is -3.00. The molecule has 154 valence electrons. The second-order valence-electron chi connectivity index (χ2n) is 7.28. The summed E-state index contributed by atoms with van der Waals surface area (Å²) in [6.45, 7) is 3.45. The SMILES string of the molecule is Cc1ccc(NC(=O)c2cc3n(n2)CCCN(Cc2ccc(F)cc2)C3=O)c(Br)c1. The first-order valence-electron chi connectivity index (χ1n) is 9.60. The zero-order valence-electron chi connectivity index (χ0n) is 16.4. The first-order chi connectivity index (χ1) is 14.4. The number of rotatable bonds is 4. The lowest BCUT2D eigenvalue weighted by atomic mass is 10.2. The lowest BCUT2D eigenvalue weighted by molar-refractivity contribution is 0.0745. The number of hydrogen-bond acceptors (Lipinski definition) is 3. The number of anilines is 1. The van der Waals surface area contributed by atoms with Crippen molar-refractivity contribution in [3.05, 3.63) is 81.3 Å². The second kappa shape index (κ2) is 8.39. The summed E-state index contributed by atoms with van der Waals surface area (Å²) in [7, 11) is 0. The molecule has 2 heterocycles. The van der Waals surface area contributed by atoms with Crippen LogP contribution in [0.4, 0.5) is 10.1 Å². The van der Waals surface area contributed by atoms with Gasteiger partial charge in [0.25, 0.3) is 11.8 Å². The van der Waals surface area contributed by atoms with Crippen molar-refractivity contribution in [3.8, 4) is 0 Å². The van der Waals surface area contributed by atoms with Gasteiger partial charge in [0.2, 0.25) is 0 Å². The number of aryl methyl sites for hydroxylation is 2. The maximum Gasteiger partial charge on any atom is 0.276 e. The summed E-state index contributed by atoms with van der Waals surface area (Å²) in [4.78, 5) is 27.4. The third-order valence-corrected chi connectivity index (χ3v) is 5.63. The number of nitrogens with one attached hydrogen (secondary N) is 1. The molecule has 4 rings (SSSR count). The molecule has 30 heavy (non-hydrogen) atoms. The van der Waals surface area contributed by atoms with Crippen molar-refractivity contribution in [1.82, 2.24) is 14.7 Å². The molecule has 0 spiro atoms. The van der Waals surface area contributed by atoms with Crippen LogP contribution in [0.5, 0.6) is 0 Å². The van der Waals surface area contributed by atoms with Crippen LogP contribution >= 0.6 is 15.9 Å². The van der Waals surface area contributed by atoms with E-state index >= 15 is 0 Å². The van der Waals surface area contributed by atoms with Crippen LogP contribution < -0.4 is 5.32 Å². The molecule has 1 aliphatic heterocycles. The molecule has 1 N–H and O–H groups in total. The van der Waals surface area contributed by atoms with Crippen molar-refractivity contribution in [2.24, 2.45) is 0 Å². The summed E-state index contributed by atoms with van der Waals surface area (Å²) in [5, 5.41) is 7.18. The van der Waals surface area contributed by atoms with Gasteiger partial charge < -0.3 is 10.2 Å². The van der Waals surface area contributed by atoms with E-state index in [-0.39, 0.29) is 23.3 Å². The van der Waals surface area contributed by atoms with Gasteiger partial charge in [-0.25, -0.2) is 4.39 Å². The zero-order chi connectivity index (χ0) is 21.3. The third-order valence-electron chi connectivity index (χ3n) is 4.98. The Kier molecular flexibility index (Phi) is 5.67. The van der Waals surface area contributed by atoms with Crippen LogP contribution in [0.1, 0.15) is 38.5 Å². The summed E-state index contributed by atoms with van der Waals surface area (Å²) in [5.74, 6) is -0.882. The molecule has 6 nitrogen and oxygen atoms in total. The maximum absolute atomic E-state index is 13.2. The Labute approximate surface area is 181 Å². The first kappa shape index (κ1) is 20.3. The molecule has 0 fully saturated rings. The molecule has 0 saturated heterocycles. The second-order valence-corrected chi connectivity index (χ2v) is 8.14. The van der Waals surface area contributed by atoms with Crippen LogP contribution in [0.2, 0.25) is 0 Å². The first-order valence-corrected chi connectivity index (χ1v) is 10.4. The van der Waals surface area contributed by atoms with E-state index in [0.29, 0.717) is 37.4 Å². The van der Waals surface area contributed by atoms with Gasteiger partial charge in [-0.15, -0.1) is 0 Å². The highest BCUT2D eigenvalue weighted by Crippen LogP contribution is 2.24. The van der Waals surface area contributed by atoms with E-state index in [1.807, 2.05) is 25.1 Å². The number of nitrogens with zero attached hydrogens (tertiary/aromatic N) is 3. The average Bonchev–Trinajstić information content (AvgIpc) is 3.09. The van der Waals surface area contributed by atoms with Crippen LogP contribution in [0.25, 0.3) is 0 Å². The molecule has 1 aromatic heterocycles. The summed E-state index contributed by atoms with van der Waals surface area (Å²) >= 11 is 3.44. The lowest BCUT2D eigenvalue weighted by Crippen LogP contribution is -2.30. The number of hydrogen-bond donors (Lipinski definition) is 1. The number of benzene rings is 2. The Morgan fingerprint density at radius 1 is 1.17 bits per heavy atom. The van der Waals surface area contributed by atoms with Crippen molar-refractivity contribution in [2.75, 3.05) is 11.9 Å². The van der Waals surface area contributed by atoms with Gasteiger partial charge in [-0.05, 0) is 64.7 Å². The van der Waals surface area contributed by atoms with Crippen LogP contribution in [0.15, 0.2) is 53.0 Å². The largest absolute Gasteiger partial charge is 0.333 e. The smallest absolute Gasteiger partial charge is 0.276 e. The van der Waals surface area contributed by atoms with Gasteiger partial charge in [-0.2, -0.15) is 5.10 Å². The minimum atomic E-state index is -0.377. The van der Waals surface area contributed by atoms with Crippen molar-refractivity contribution < 1.29 is 14.0 Å². The molecule has 0 radical (unpaired) electrons. The minimum absolute atomic E-state index is 0.189. The zero-order valence-corrected chi connectivity index (χ0v) is 17.9. The maximum atomic E-state index is 13.2. The normalized spacial score (nSPS) is 13.7. The fourth-order valence-corrected chi connectivity index (χ4v) is 4.01. The molecule has 1 aliphatic rings. The van der Waals surface area contributed by atoms with E-state index in [0.717, 1.165) is 15.6 Å². The molecular formula is C22H20BrFN4O2. The van der Waals surface area contributed by atoms with Gasteiger partial charge in [0.05, 0.1) is 5.69 Å². The van der Waals surface area contributed by atoms with Crippen molar-refractivity contribution in [1.29, 1.82) is 0 Å². The molecule has 2 aromatic carbocycles. The van der Waals surface area contributed by atoms with Crippen LogP contribution in [0, 0.1) is 12.7 Å². The number of amides is 2. The highest BCUT2D eigenvalue weighted by molar-refractivity contribution is 9.10. The van der Waals surface area contributed by atoms with Gasteiger partial charge in [0.1, 0.15) is 11.5 Å². The van der Waals surface area contributed by atoms with Crippen LogP contribution in [-0.4, -0.2) is 33.0 Å². The Bertz CT molecular complexity index is 1110. The molecule has 0 unspecified atom stereocenters. The Morgan fingerprint density at radius 3 is 2.67 bits per heavy atom. The summed E-state index contributed by atoms with van der Waals surface area (Å²) in [6.07, 6.45) is 0.714. The Balaban J connectivity index is 1.53. The summed E-state index contributed by atoms with van der Waals surface area (Å²) in [6, 6.07) is 13.3. The highest BCUT2D eigenvalue weighted by Gasteiger charge is 2.26. The van der Waals surface area contributed by atoms with Gasteiger partial charge in [0, 0.05) is 30.2 Å². The van der Waals surface area contributed by atoms with Gasteiger partial charge in [0.15, 0.2) is 5.69 Å². The van der Waals surface area contributed by atoms with Crippen molar-refractivity contribution in [3.63, 3.8) is 0 Å². The van der Waals surface area contributed by atoms with Crippen molar-refractivity contribution >= 4 is 33.4 Å². The monoisotopic (exact) mass is 470 g/mol. The van der Waals surface area contributed by atoms with E-state index in [4.69, 9.17) is 0 Å². The van der Waals surface area contributed by atoms with Gasteiger partial charge >= 0.3 is 0 Å². The summed E-state index contributed by atoms with van der Waals surface area (Å²) in [5.41, 5.74) is 3.12. The number of carbonyl (C=O) groups is 2. The molecule has 3 aromatic rings. The van der Waals surface area contributed by atoms with E-state index in [2.05, 4.69) is 26.3 Å². The number of carbonyl (C=O) groups excluding carboxylic acids is 2. The molecule has 8 heteroatoms. The molecule has 0 saturated carbocycles. The predicted molar refractivity (Wildman–Crippen MR) is 115 cm³/mol. The van der Waals surface area contributed by atoms with Crippen LogP contribution in [0.3, 0.4) is 0 Å². The van der Waals surface area contributed by atoms with Crippen molar-refractivity contribution in [2.45, 2.75) is 26.4 Å².